The van der Waals surface area contributed by atoms with Crippen LogP contribution in [0.5, 0.6) is 0 Å². The Kier molecular flexibility index (Phi) is 3.39. The van der Waals surface area contributed by atoms with Crippen LogP contribution in [0.25, 0.3) is 10.9 Å². The largest absolute Gasteiger partial charge is 0.366 e. The predicted molar refractivity (Wildman–Crippen MR) is 85.1 cm³/mol. The second-order valence-electron chi connectivity index (χ2n) is 4.31. The first-order valence-electron chi connectivity index (χ1n) is 5.81. The lowest BCUT2D eigenvalue weighted by atomic mass is 10.1. The van der Waals surface area contributed by atoms with Gasteiger partial charge in [-0.05, 0) is 52.3 Å². The van der Waals surface area contributed by atoms with Gasteiger partial charge in [-0.25, -0.2) is 3.97 Å². The topological polar surface area (TPSA) is 82.2 Å². The van der Waals surface area contributed by atoms with Crippen LogP contribution in [0, 0.1) is 0 Å². The Morgan fingerprint density at radius 2 is 1.95 bits per heavy atom. The van der Waals surface area contributed by atoms with Gasteiger partial charge in [0.15, 0.2) is 0 Å². The average molecular weight is 385 g/mol. The molecule has 0 aliphatic heterocycles. The van der Waals surface area contributed by atoms with Gasteiger partial charge in [0.2, 0.25) is 5.91 Å². The Morgan fingerprint density at radius 3 is 2.57 bits per heavy atom. The highest BCUT2D eigenvalue weighted by molar-refractivity contribution is 9.11. The summed E-state index contributed by atoms with van der Waals surface area (Å²) in [7, 11) is -3.65. The van der Waals surface area contributed by atoms with Gasteiger partial charge in [0.05, 0.1) is 9.30 Å². The smallest absolute Gasteiger partial charge is 0.277 e. The molecule has 8 heteroatoms. The number of nitrogens with two attached hydrogens (primary N) is 1. The van der Waals surface area contributed by atoms with Gasteiger partial charge >= 0.3 is 0 Å². The molecule has 0 unspecified atom stereocenters. The van der Waals surface area contributed by atoms with E-state index in [1.807, 2.05) is 0 Å². The second kappa shape index (κ2) is 4.97. The Labute approximate surface area is 133 Å². The summed E-state index contributed by atoms with van der Waals surface area (Å²) in [5.74, 6) is -0.547. The van der Waals surface area contributed by atoms with E-state index in [9.17, 15) is 13.2 Å². The van der Waals surface area contributed by atoms with Crippen molar-refractivity contribution < 1.29 is 13.2 Å². The second-order valence-corrected chi connectivity index (χ2v) is 8.82. The molecular weight excluding hydrogens is 376 g/mol. The van der Waals surface area contributed by atoms with E-state index in [1.54, 1.807) is 30.3 Å². The molecule has 0 radical (unpaired) electrons. The number of rotatable bonds is 3. The number of thiophene rings is 1. The lowest BCUT2D eigenvalue weighted by Crippen LogP contribution is -2.12. The number of benzene rings is 1. The number of fused-ring (bicyclic) bond motifs is 1. The molecule has 0 saturated carbocycles. The summed E-state index contributed by atoms with van der Waals surface area (Å²) in [6.07, 6.45) is 1.47. The number of nitrogens with zero attached hydrogens (tertiary/aromatic N) is 1. The molecule has 0 saturated heterocycles. The summed E-state index contributed by atoms with van der Waals surface area (Å²) < 4.78 is 27.4. The number of primary amides is 1. The van der Waals surface area contributed by atoms with Gasteiger partial charge < -0.3 is 5.73 Å². The number of hydrogen-bond donors (Lipinski definition) is 1. The SMILES string of the molecule is NC(=O)c1ccc2c(ccn2S(=O)(=O)c2ccc(Br)s2)c1. The zero-order valence-corrected chi connectivity index (χ0v) is 13.7. The molecule has 21 heavy (non-hydrogen) atoms. The molecule has 1 aromatic carbocycles. The molecule has 0 bridgehead atoms. The molecule has 5 nitrogen and oxygen atoms in total. The van der Waals surface area contributed by atoms with E-state index in [4.69, 9.17) is 5.73 Å². The van der Waals surface area contributed by atoms with Crippen molar-refractivity contribution in [1.29, 1.82) is 0 Å². The van der Waals surface area contributed by atoms with Gasteiger partial charge in [0.25, 0.3) is 10.0 Å². The summed E-state index contributed by atoms with van der Waals surface area (Å²) in [6.45, 7) is 0. The molecular formula is C13H9BrN2O3S2. The molecule has 0 aliphatic rings. The summed E-state index contributed by atoms with van der Waals surface area (Å²) in [5, 5.41) is 0.644. The summed E-state index contributed by atoms with van der Waals surface area (Å²) in [4.78, 5) is 11.2. The summed E-state index contributed by atoms with van der Waals surface area (Å²) in [6, 6.07) is 9.55. The number of hydrogen-bond acceptors (Lipinski definition) is 4. The molecule has 0 aliphatic carbocycles. The van der Waals surface area contributed by atoms with E-state index < -0.39 is 15.9 Å². The minimum absolute atomic E-state index is 0.242. The first kappa shape index (κ1) is 14.3. The third kappa shape index (κ3) is 2.39. The number of amides is 1. The molecule has 2 heterocycles. The maximum Gasteiger partial charge on any atom is 0.277 e. The van der Waals surface area contributed by atoms with E-state index in [1.165, 1.54) is 16.2 Å². The molecule has 108 valence electrons. The fourth-order valence-electron chi connectivity index (χ4n) is 2.01. The van der Waals surface area contributed by atoms with Crippen LogP contribution in [0.4, 0.5) is 0 Å². The quantitative estimate of drug-likeness (QED) is 0.753. The Balaban J connectivity index is 2.19. The number of carbonyl (C=O) groups excluding carboxylic acids is 1. The van der Waals surface area contributed by atoms with Crippen molar-refractivity contribution >= 4 is 54.1 Å². The van der Waals surface area contributed by atoms with E-state index in [0.717, 1.165) is 15.1 Å². The molecule has 3 rings (SSSR count). The van der Waals surface area contributed by atoms with Crippen LogP contribution in [0.15, 0.2) is 50.6 Å². The first-order chi connectivity index (χ1) is 9.89. The average Bonchev–Trinajstić information content (AvgIpc) is 3.04. The van der Waals surface area contributed by atoms with Crippen LogP contribution in [-0.2, 0) is 10.0 Å². The number of carbonyl (C=O) groups is 1. The first-order valence-corrected chi connectivity index (χ1v) is 8.86. The van der Waals surface area contributed by atoms with Gasteiger partial charge in [-0.3, -0.25) is 4.79 Å². The Bertz CT molecular complexity index is 957. The van der Waals surface area contributed by atoms with Crippen molar-refractivity contribution in [3.63, 3.8) is 0 Å². The van der Waals surface area contributed by atoms with Crippen molar-refractivity contribution in [3.8, 4) is 0 Å². The minimum Gasteiger partial charge on any atom is -0.366 e. The van der Waals surface area contributed by atoms with E-state index in [2.05, 4.69) is 15.9 Å². The molecule has 1 amide bonds. The van der Waals surface area contributed by atoms with Crippen LogP contribution < -0.4 is 5.73 Å². The number of halogens is 1. The normalized spacial score (nSPS) is 11.9. The molecule has 2 N–H and O–H groups in total. The van der Waals surface area contributed by atoms with Crippen LogP contribution >= 0.6 is 27.3 Å². The van der Waals surface area contributed by atoms with Crippen LogP contribution in [-0.4, -0.2) is 18.3 Å². The van der Waals surface area contributed by atoms with Crippen LogP contribution in [0.1, 0.15) is 10.4 Å². The van der Waals surface area contributed by atoms with E-state index >= 15 is 0 Å². The zero-order valence-electron chi connectivity index (χ0n) is 10.5. The standard InChI is InChI=1S/C13H9BrN2O3S2/c14-11-3-4-12(20-11)21(18,19)16-6-5-8-7-9(13(15)17)1-2-10(8)16/h1-7H,(H2,15,17). The minimum atomic E-state index is -3.65. The molecule has 0 fully saturated rings. The summed E-state index contributed by atoms with van der Waals surface area (Å²) >= 11 is 4.40. The highest BCUT2D eigenvalue weighted by Crippen LogP contribution is 2.30. The predicted octanol–water partition coefficient (Wildman–Crippen LogP) is 2.80. The molecule has 0 atom stereocenters. The maximum atomic E-state index is 12.6. The van der Waals surface area contributed by atoms with Gasteiger partial charge in [-0.15, -0.1) is 11.3 Å². The van der Waals surface area contributed by atoms with Crippen molar-refractivity contribution in [3.05, 3.63) is 51.9 Å². The highest BCUT2D eigenvalue weighted by Gasteiger charge is 2.21. The highest BCUT2D eigenvalue weighted by atomic mass is 79.9. The van der Waals surface area contributed by atoms with E-state index in [0.29, 0.717) is 16.5 Å². The maximum absolute atomic E-state index is 12.6. The monoisotopic (exact) mass is 384 g/mol. The lowest BCUT2D eigenvalue weighted by Gasteiger charge is -2.05. The van der Waals surface area contributed by atoms with Crippen molar-refractivity contribution in [2.24, 2.45) is 5.73 Å². The third-order valence-electron chi connectivity index (χ3n) is 3.00. The zero-order chi connectivity index (χ0) is 15.2. The van der Waals surface area contributed by atoms with Crippen molar-refractivity contribution in [2.45, 2.75) is 4.21 Å². The van der Waals surface area contributed by atoms with E-state index in [-0.39, 0.29) is 4.21 Å². The Hall–Kier alpha value is -1.64. The van der Waals surface area contributed by atoms with Gasteiger partial charge in [0.1, 0.15) is 4.21 Å². The number of aromatic nitrogens is 1. The van der Waals surface area contributed by atoms with Crippen LogP contribution in [0.3, 0.4) is 0 Å². The summed E-state index contributed by atoms with van der Waals surface area (Å²) in [5.41, 5.74) is 6.07. The fourth-order valence-corrected chi connectivity index (χ4v) is 5.47. The lowest BCUT2D eigenvalue weighted by molar-refractivity contribution is 0.100. The van der Waals surface area contributed by atoms with Gasteiger partial charge in [0, 0.05) is 17.1 Å². The molecule has 3 aromatic rings. The Morgan fingerprint density at radius 1 is 1.19 bits per heavy atom. The van der Waals surface area contributed by atoms with Gasteiger partial charge in [-0.2, -0.15) is 8.42 Å². The fraction of sp³-hybridized carbons (Fsp3) is 0. The molecule has 2 aromatic heterocycles. The molecule has 0 spiro atoms. The van der Waals surface area contributed by atoms with Crippen LogP contribution in [0.2, 0.25) is 0 Å². The third-order valence-corrected chi connectivity index (χ3v) is 6.78. The van der Waals surface area contributed by atoms with Crippen molar-refractivity contribution in [2.75, 3.05) is 0 Å². The van der Waals surface area contributed by atoms with Crippen molar-refractivity contribution in [1.82, 2.24) is 3.97 Å². The van der Waals surface area contributed by atoms with Gasteiger partial charge in [-0.1, -0.05) is 0 Å².